The van der Waals surface area contributed by atoms with E-state index in [1.807, 2.05) is 6.92 Å². The molecule has 0 saturated carbocycles. The molecule has 0 fully saturated rings. The van der Waals surface area contributed by atoms with Gasteiger partial charge in [0.1, 0.15) is 5.75 Å². The molecule has 2 amide bonds. The van der Waals surface area contributed by atoms with Crippen molar-refractivity contribution in [3.63, 3.8) is 0 Å². The first-order chi connectivity index (χ1) is 9.06. The first-order valence-corrected chi connectivity index (χ1v) is 6.39. The molecule has 0 aliphatic carbocycles. The lowest BCUT2D eigenvalue weighted by Crippen LogP contribution is -2.31. The van der Waals surface area contributed by atoms with Crippen LogP contribution in [0.5, 0.6) is 5.75 Å². The molecule has 104 valence electrons. The lowest BCUT2D eigenvalue weighted by atomic mass is 10.1. The minimum Gasteiger partial charge on any atom is -0.507 e. The van der Waals surface area contributed by atoms with E-state index in [1.54, 1.807) is 25.1 Å². The fourth-order valence-corrected chi connectivity index (χ4v) is 1.58. The number of rotatable bonds is 6. The maximum Gasteiger partial charge on any atom is 0.255 e. The van der Waals surface area contributed by atoms with Gasteiger partial charge in [0.05, 0.1) is 5.56 Å². The molecule has 0 unspecified atom stereocenters. The third-order valence-corrected chi connectivity index (χ3v) is 2.69. The first kappa shape index (κ1) is 15.0. The summed E-state index contributed by atoms with van der Waals surface area (Å²) in [5, 5.41) is 15.1. The van der Waals surface area contributed by atoms with E-state index < -0.39 is 0 Å². The lowest BCUT2D eigenvalue weighted by molar-refractivity contribution is -0.120. The Kier molecular flexibility index (Phi) is 5.85. The largest absolute Gasteiger partial charge is 0.507 e. The molecular formula is C14H20N2O3. The van der Waals surface area contributed by atoms with Crippen LogP contribution in [0.3, 0.4) is 0 Å². The number of hydrogen-bond donors (Lipinski definition) is 3. The SMILES string of the molecule is CCCNC(=O)CCNC(=O)c1cccc(C)c1O. The highest BCUT2D eigenvalue weighted by Crippen LogP contribution is 2.20. The van der Waals surface area contributed by atoms with Crippen molar-refractivity contribution in [1.29, 1.82) is 0 Å². The monoisotopic (exact) mass is 264 g/mol. The summed E-state index contributed by atoms with van der Waals surface area (Å²) in [6.07, 6.45) is 1.12. The summed E-state index contributed by atoms with van der Waals surface area (Å²) in [4.78, 5) is 23.1. The molecule has 0 saturated heterocycles. The number of carbonyl (C=O) groups excluding carboxylic acids is 2. The second kappa shape index (κ2) is 7.41. The maximum absolute atomic E-state index is 11.8. The zero-order chi connectivity index (χ0) is 14.3. The molecule has 19 heavy (non-hydrogen) atoms. The molecule has 1 rings (SSSR count). The molecule has 0 heterocycles. The smallest absolute Gasteiger partial charge is 0.255 e. The predicted octanol–water partition coefficient (Wildman–Crippen LogP) is 1.35. The van der Waals surface area contributed by atoms with Gasteiger partial charge in [-0.15, -0.1) is 0 Å². The molecule has 3 N–H and O–H groups in total. The number of aromatic hydroxyl groups is 1. The summed E-state index contributed by atoms with van der Waals surface area (Å²) in [6.45, 7) is 4.60. The molecule has 0 aliphatic rings. The van der Waals surface area contributed by atoms with Crippen LogP contribution in [0.1, 0.15) is 35.7 Å². The van der Waals surface area contributed by atoms with Crippen LogP contribution in [0, 0.1) is 6.92 Å². The van der Waals surface area contributed by atoms with Crippen molar-refractivity contribution in [1.82, 2.24) is 10.6 Å². The van der Waals surface area contributed by atoms with Crippen LogP contribution in [-0.4, -0.2) is 30.0 Å². The number of phenols is 1. The van der Waals surface area contributed by atoms with Crippen molar-refractivity contribution in [3.8, 4) is 5.75 Å². The Morgan fingerprint density at radius 3 is 2.63 bits per heavy atom. The van der Waals surface area contributed by atoms with Crippen molar-refractivity contribution in [2.24, 2.45) is 0 Å². The lowest BCUT2D eigenvalue weighted by Gasteiger charge is -2.08. The van der Waals surface area contributed by atoms with E-state index in [9.17, 15) is 14.7 Å². The standard InChI is InChI=1S/C14H20N2O3/c1-3-8-15-12(17)7-9-16-14(19)11-6-4-5-10(2)13(11)18/h4-6,18H,3,7-9H2,1-2H3,(H,15,17)(H,16,19). The number of amides is 2. The Balaban J connectivity index is 2.43. The number of aryl methyl sites for hydroxylation is 1. The maximum atomic E-state index is 11.8. The number of carbonyl (C=O) groups is 2. The van der Waals surface area contributed by atoms with Gasteiger partial charge in [-0.05, 0) is 25.0 Å². The van der Waals surface area contributed by atoms with E-state index >= 15 is 0 Å². The van der Waals surface area contributed by atoms with E-state index in [1.165, 1.54) is 0 Å². The molecule has 0 spiro atoms. The zero-order valence-electron chi connectivity index (χ0n) is 11.3. The second-order valence-electron chi connectivity index (χ2n) is 4.33. The minimum absolute atomic E-state index is 0.0181. The number of benzene rings is 1. The van der Waals surface area contributed by atoms with Gasteiger partial charge in [0.25, 0.3) is 5.91 Å². The van der Waals surface area contributed by atoms with Crippen LogP contribution in [-0.2, 0) is 4.79 Å². The van der Waals surface area contributed by atoms with E-state index in [-0.39, 0.29) is 36.1 Å². The predicted molar refractivity (Wildman–Crippen MR) is 73.1 cm³/mol. The summed E-state index contributed by atoms with van der Waals surface area (Å²) in [5.74, 6) is -0.476. The highest BCUT2D eigenvalue weighted by atomic mass is 16.3. The average Bonchev–Trinajstić information content (AvgIpc) is 2.39. The van der Waals surface area contributed by atoms with E-state index in [2.05, 4.69) is 10.6 Å². The molecule has 0 aliphatic heterocycles. The summed E-state index contributed by atoms with van der Waals surface area (Å²) in [7, 11) is 0. The quantitative estimate of drug-likeness (QED) is 0.725. The molecule has 5 nitrogen and oxygen atoms in total. The summed E-state index contributed by atoms with van der Waals surface area (Å²) in [6, 6.07) is 4.98. The fourth-order valence-electron chi connectivity index (χ4n) is 1.58. The highest BCUT2D eigenvalue weighted by Gasteiger charge is 2.12. The molecule has 0 bridgehead atoms. The summed E-state index contributed by atoms with van der Waals surface area (Å²) in [5.41, 5.74) is 0.877. The van der Waals surface area contributed by atoms with Gasteiger partial charge in [0.2, 0.25) is 5.91 Å². The Hall–Kier alpha value is -2.04. The highest BCUT2D eigenvalue weighted by molar-refractivity contribution is 5.97. The molecule has 1 aromatic rings. The summed E-state index contributed by atoms with van der Waals surface area (Å²) >= 11 is 0. The molecule has 0 radical (unpaired) electrons. The van der Waals surface area contributed by atoms with E-state index in [0.29, 0.717) is 12.1 Å². The van der Waals surface area contributed by atoms with Gasteiger partial charge in [-0.2, -0.15) is 0 Å². The van der Waals surface area contributed by atoms with Gasteiger partial charge >= 0.3 is 0 Å². The van der Waals surface area contributed by atoms with Gasteiger partial charge in [-0.3, -0.25) is 9.59 Å². The van der Waals surface area contributed by atoms with E-state index in [4.69, 9.17) is 0 Å². The average molecular weight is 264 g/mol. The van der Waals surface area contributed by atoms with Crippen LogP contribution in [0.25, 0.3) is 0 Å². The van der Waals surface area contributed by atoms with Crippen LogP contribution >= 0.6 is 0 Å². The molecular weight excluding hydrogens is 244 g/mol. The number of phenolic OH excluding ortho intramolecular Hbond substituents is 1. The number of para-hydroxylation sites is 1. The Morgan fingerprint density at radius 2 is 1.95 bits per heavy atom. The second-order valence-corrected chi connectivity index (χ2v) is 4.33. The topological polar surface area (TPSA) is 78.4 Å². The van der Waals surface area contributed by atoms with Crippen LogP contribution in [0.4, 0.5) is 0 Å². The molecule has 0 atom stereocenters. The molecule has 5 heteroatoms. The van der Waals surface area contributed by atoms with Gasteiger partial charge in [-0.1, -0.05) is 19.1 Å². The van der Waals surface area contributed by atoms with Crippen molar-refractivity contribution in [3.05, 3.63) is 29.3 Å². The van der Waals surface area contributed by atoms with Crippen LogP contribution in [0.2, 0.25) is 0 Å². The zero-order valence-corrected chi connectivity index (χ0v) is 11.3. The van der Waals surface area contributed by atoms with Crippen LogP contribution < -0.4 is 10.6 Å². The van der Waals surface area contributed by atoms with Gasteiger partial charge in [0.15, 0.2) is 0 Å². The third-order valence-electron chi connectivity index (χ3n) is 2.69. The Morgan fingerprint density at radius 1 is 1.21 bits per heavy atom. The van der Waals surface area contributed by atoms with Gasteiger partial charge in [-0.25, -0.2) is 0 Å². The van der Waals surface area contributed by atoms with Crippen molar-refractivity contribution in [2.75, 3.05) is 13.1 Å². The first-order valence-electron chi connectivity index (χ1n) is 6.39. The Bertz CT molecular complexity index is 458. The van der Waals surface area contributed by atoms with Gasteiger partial charge in [0, 0.05) is 19.5 Å². The van der Waals surface area contributed by atoms with E-state index in [0.717, 1.165) is 6.42 Å². The Labute approximate surface area is 113 Å². The normalized spacial score (nSPS) is 10.0. The summed E-state index contributed by atoms with van der Waals surface area (Å²) < 4.78 is 0. The molecule has 1 aromatic carbocycles. The van der Waals surface area contributed by atoms with Crippen LogP contribution in [0.15, 0.2) is 18.2 Å². The fraction of sp³-hybridized carbons (Fsp3) is 0.429. The van der Waals surface area contributed by atoms with Gasteiger partial charge < -0.3 is 15.7 Å². The van der Waals surface area contributed by atoms with Crippen molar-refractivity contribution >= 4 is 11.8 Å². The molecule has 0 aromatic heterocycles. The number of hydrogen-bond acceptors (Lipinski definition) is 3. The minimum atomic E-state index is -0.371. The third kappa shape index (κ3) is 4.62. The number of nitrogens with one attached hydrogen (secondary N) is 2. The van der Waals surface area contributed by atoms with Crippen molar-refractivity contribution in [2.45, 2.75) is 26.7 Å². The van der Waals surface area contributed by atoms with Crippen molar-refractivity contribution < 1.29 is 14.7 Å².